The van der Waals surface area contributed by atoms with E-state index in [9.17, 15) is 4.79 Å². The first-order chi connectivity index (χ1) is 7.81. The lowest BCUT2D eigenvalue weighted by Crippen LogP contribution is -2.20. The molecule has 2 aromatic rings. The molecule has 0 bridgehead atoms. The number of aryl methyl sites for hydroxylation is 2. The topological polar surface area (TPSA) is 48.0 Å². The van der Waals surface area contributed by atoms with Crippen LogP contribution in [0.15, 0.2) is 29.2 Å². The fourth-order valence-electron chi connectivity index (χ4n) is 2.56. The van der Waals surface area contributed by atoms with E-state index in [0.29, 0.717) is 12.1 Å². The zero-order chi connectivity index (χ0) is 11.1. The number of hydrogen-bond acceptors (Lipinski definition) is 2. The number of aromatic nitrogens is 1. The first kappa shape index (κ1) is 9.60. The zero-order valence-electron chi connectivity index (χ0n) is 9.07. The Morgan fingerprint density at radius 2 is 2.25 bits per heavy atom. The normalized spacial score (nSPS) is 14.3. The molecule has 1 aliphatic rings. The van der Waals surface area contributed by atoms with E-state index in [0.717, 1.165) is 30.3 Å². The quantitative estimate of drug-likeness (QED) is 0.780. The highest BCUT2D eigenvalue weighted by atomic mass is 16.1. The second-order valence-corrected chi connectivity index (χ2v) is 4.30. The molecule has 0 atom stereocenters. The van der Waals surface area contributed by atoms with Crippen LogP contribution in [0.1, 0.15) is 17.5 Å². The first-order valence-corrected chi connectivity index (χ1v) is 5.65. The number of pyridine rings is 1. The fraction of sp³-hybridized carbons (Fsp3) is 0.308. The summed E-state index contributed by atoms with van der Waals surface area (Å²) in [4.78, 5) is 12.1. The lowest BCUT2D eigenvalue weighted by atomic mass is 10.00. The molecule has 0 spiro atoms. The number of para-hydroxylation sites is 1. The van der Waals surface area contributed by atoms with E-state index < -0.39 is 0 Å². The van der Waals surface area contributed by atoms with Crippen molar-refractivity contribution in [2.24, 2.45) is 5.73 Å². The van der Waals surface area contributed by atoms with E-state index >= 15 is 0 Å². The summed E-state index contributed by atoms with van der Waals surface area (Å²) in [5.74, 6) is 0. The maximum absolute atomic E-state index is 12.1. The van der Waals surface area contributed by atoms with Crippen LogP contribution in [0.5, 0.6) is 0 Å². The fourth-order valence-corrected chi connectivity index (χ4v) is 2.56. The third kappa shape index (κ3) is 1.21. The zero-order valence-corrected chi connectivity index (χ0v) is 9.07. The molecule has 1 aromatic carbocycles. The van der Waals surface area contributed by atoms with Crippen LogP contribution in [-0.2, 0) is 19.5 Å². The van der Waals surface area contributed by atoms with Gasteiger partial charge in [0, 0.05) is 30.2 Å². The van der Waals surface area contributed by atoms with Gasteiger partial charge in [-0.25, -0.2) is 0 Å². The van der Waals surface area contributed by atoms with Crippen LogP contribution in [0, 0.1) is 0 Å². The van der Waals surface area contributed by atoms with Crippen molar-refractivity contribution in [3.05, 3.63) is 45.7 Å². The number of nitrogens with zero attached hydrogens (tertiary/aromatic N) is 1. The van der Waals surface area contributed by atoms with E-state index in [2.05, 4.69) is 10.6 Å². The monoisotopic (exact) mass is 214 g/mol. The van der Waals surface area contributed by atoms with Crippen molar-refractivity contribution in [1.82, 2.24) is 4.57 Å². The Morgan fingerprint density at radius 3 is 3.06 bits per heavy atom. The first-order valence-electron chi connectivity index (χ1n) is 5.65. The van der Waals surface area contributed by atoms with Crippen molar-refractivity contribution >= 4 is 10.9 Å². The van der Waals surface area contributed by atoms with Crippen LogP contribution in [0.3, 0.4) is 0 Å². The summed E-state index contributed by atoms with van der Waals surface area (Å²) in [5, 5.41) is 0.820. The molecular formula is C13H14N2O. The summed E-state index contributed by atoms with van der Waals surface area (Å²) in [7, 11) is 0. The molecule has 1 aliphatic heterocycles. The van der Waals surface area contributed by atoms with Gasteiger partial charge >= 0.3 is 0 Å². The average Bonchev–Trinajstić information content (AvgIpc) is 2.33. The third-order valence-corrected chi connectivity index (χ3v) is 3.32. The maximum atomic E-state index is 12.1. The Kier molecular flexibility index (Phi) is 2.07. The highest BCUT2D eigenvalue weighted by Gasteiger charge is 2.14. The smallest absolute Gasteiger partial charge is 0.193 e. The molecule has 82 valence electrons. The highest BCUT2D eigenvalue weighted by molar-refractivity contribution is 5.83. The van der Waals surface area contributed by atoms with Gasteiger partial charge in [-0.15, -0.1) is 0 Å². The van der Waals surface area contributed by atoms with E-state index in [1.165, 1.54) is 5.56 Å². The second-order valence-electron chi connectivity index (χ2n) is 4.30. The van der Waals surface area contributed by atoms with Crippen molar-refractivity contribution < 1.29 is 0 Å². The Bertz CT molecular complexity index is 613. The molecule has 0 unspecified atom stereocenters. The molecule has 3 rings (SSSR count). The molecule has 0 amide bonds. The van der Waals surface area contributed by atoms with Crippen LogP contribution in [0.2, 0.25) is 0 Å². The van der Waals surface area contributed by atoms with E-state index in [4.69, 9.17) is 5.73 Å². The van der Waals surface area contributed by atoms with Crippen molar-refractivity contribution in [2.75, 3.05) is 0 Å². The molecule has 0 saturated carbocycles. The number of nitrogens with two attached hydrogens (primary N) is 1. The van der Waals surface area contributed by atoms with Crippen LogP contribution in [-0.4, -0.2) is 4.57 Å². The molecule has 1 aromatic heterocycles. The van der Waals surface area contributed by atoms with Crippen LogP contribution < -0.4 is 11.2 Å². The number of hydrogen-bond donors (Lipinski definition) is 1. The molecule has 3 nitrogen and oxygen atoms in total. The molecule has 2 heterocycles. The predicted molar refractivity (Wildman–Crippen MR) is 64.4 cm³/mol. The highest BCUT2D eigenvalue weighted by Crippen LogP contribution is 2.23. The van der Waals surface area contributed by atoms with Crippen molar-refractivity contribution in [2.45, 2.75) is 25.9 Å². The molecule has 0 aliphatic carbocycles. The third-order valence-electron chi connectivity index (χ3n) is 3.32. The maximum Gasteiger partial charge on any atom is 0.193 e. The molecule has 0 fully saturated rings. The Morgan fingerprint density at radius 1 is 1.38 bits per heavy atom. The van der Waals surface area contributed by atoms with Gasteiger partial charge in [0.25, 0.3) is 0 Å². The summed E-state index contributed by atoms with van der Waals surface area (Å²) in [6.45, 7) is 1.31. The standard InChI is InChI=1S/C13H14N2O/c14-7-10-8-15-6-2-4-9-3-1-5-11(12(9)15)13(10)16/h1,3,5,8H,2,4,6-7,14H2. The molecule has 3 heteroatoms. The molecule has 16 heavy (non-hydrogen) atoms. The summed E-state index contributed by atoms with van der Waals surface area (Å²) in [6.07, 6.45) is 4.13. The lowest BCUT2D eigenvalue weighted by molar-refractivity contribution is 0.626. The van der Waals surface area contributed by atoms with E-state index in [-0.39, 0.29) is 5.43 Å². The van der Waals surface area contributed by atoms with E-state index in [1.54, 1.807) is 0 Å². The van der Waals surface area contributed by atoms with Crippen molar-refractivity contribution in [3.8, 4) is 0 Å². The molecule has 0 saturated heterocycles. The second kappa shape index (κ2) is 3.46. The Labute approximate surface area is 93.5 Å². The van der Waals surface area contributed by atoms with Gasteiger partial charge in [0.05, 0.1) is 5.52 Å². The number of benzene rings is 1. The van der Waals surface area contributed by atoms with Crippen LogP contribution >= 0.6 is 0 Å². The molecule has 0 radical (unpaired) electrons. The van der Waals surface area contributed by atoms with Gasteiger partial charge in [-0.2, -0.15) is 0 Å². The summed E-state index contributed by atoms with van der Waals surface area (Å²) < 4.78 is 2.18. The summed E-state index contributed by atoms with van der Waals surface area (Å²) >= 11 is 0. The molecule has 2 N–H and O–H groups in total. The van der Waals surface area contributed by atoms with Crippen LogP contribution in [0.25, 0.3) is 10.9 Å². The minimum atomic E-state index is 0.0949. The Hall–Kier alpha value is -1.61. The van der Waals surface area contributed by atoms with Gasteiger partial charge < -0.3 is 10.3 Å². The van der Waals surface area contributed by atoms with Crippen molar-refractivity contribution in [3.63, 3.8) is 0 Å². The molecular weight excluding hydrogens is 200 g/mol. The largest absolute Gasteiger partial charge is 0.347 e. The van der Waals surface area contributed by atoms with E-state index in [1.807, 2.05) is 18.3 Å². The van der Waals surface area contributed by atoms with Gasteiger partial charge in [-0.05, 0) is 24.5 Å². The van der Waals surface area contributed by atoms with Crippen LogP contribution in [0.4, 0.5) is 0 Å². The minimum absolute atomic E-state index is 0.0949. The van der Waals surface area contributed by atoms with Gasteiger partial charge in [0.15, 0.2) is 5.43 Å². The van der Waals surface area contributed by atoms with Gasteiger partial charge in [0.1, 0.15) is 0 Å². The lowest BCUT2D eigenvalue weighted by Gasteiger charge is -2.20. The van der Waals surface area contributed by atoms with Gasteiger partial charge in [0.2, 0.25) is 0 Å². The van der Waals surface area contributed by atoms with Gasteiger partial charge in [-0.3, -0.25) is 4.79 Å². The summed E-state index contributed by atoms with van der Waals surface area (Å²) in [5.41, 5.74) is 8.81. The van der Waals surface area contributed by atoms with Gasteiger partial charge in [-0.1, -0.05) is 12.1 Å². The predicted octanol–water partition coefficient (Wildman–Crippen LogP) is 1.41. The average molecular weight is 214 g/mol. The summed E-state index contributed by atoms with van der Waals surface area (Å²) in [6, 6.07) is 5.98. The van der Waals surface area contributed by atoms with Crippen molar-refractivity contribution in [1.29, 1.82) is 0 Å². The minimum Gasteiger partial charge on any atom is -0.347 e. The Balaban J connectivity index is 2.50. The number of rotatable bonds is 1. The SMILES string of the molecule is NCc1cn2c3c(cccc3c1=O)CCC2.